The smallest absolute Gasteiger partial charge is 0.139 e. The van der Waals surface area contributed by atoms with Crippen LogP contribution >= 0.6 is 0 Å². The van der Waals surface area contributed by atoms with E-state index < -0.39 is 0 Å². The van der Waals surface area contributed by atoms with Gasteiger partial charge in [0, 0.05) is 12.6 Å². The van der Waals surface area contributed by atoms with Crippen molar-refractivity contribution in [1.29, 1.82) is 0 Å². The van der Waals surface area contributed by atoms with Crippen molar-refractivity contribution in [2.45, 2.75) is 44.6 Å². The van der Waals surface area contributed by atoms with Crippen molar-refractivity contribution in [2.24, 2.45) is 5.92 Å². The van der Waals surface area contributed by atoms with Crippen LogP contribution in [0.15, 0.2) is 12.3 Å². The van der Waals surface area contributed by atoms with Gasteiger partial charge >= 0.3 is 0 Å². The summed E-state index contributed by atoms with van der Waals surface area (Å²) >= 11 is 0. The van der Waals surface area contributed by atoms with Crippen molar-refractivity contribution < 1.29 is 4.79 Å². The molecule has 0 atom stereocenters. The first-order valence-corrected chi connectivity index (χ1v) is 7.08. The van der Waals surface area contributed by atoms with Gasteiger partial charge in [0.05, 0.1) is 18.2 Å². The summed E-state index contributed by atoms with van der Waals surface area (Å²) in [6.45, 7) is 2.00. The molecule has 3 rings (SSSR count). The highest BCUT2D eigenvalue weighted by atomic mass is 16.1. The van der Waals surface area contributed by atoms with Gasteiger partial charge in [-0.3, -0.25) is 9.48 Å². The summed E-state index contributed by atoms with van der Waals surface area (Å²) in [5, 5.41) is 7.76. The molecular formula is C14H21N3O. The summed E-state index contributed by atoms with van der Waals surface area (Å²) in [6.07, 6.45) is 8.37. The molecule has 1 aliphatic carbocycles. The molecule has 1 saturated heterocycles. The quantitative estimate of drug-likeness (QED) is 0.861. The number of ketones is 1. The number of Topliss-reactive ketones (excluding diaryl/α,β-unsaturated/α-hetero) is 1. The largest absolute Gasteiger partial charge is 0.316 e. The normalized spacial score (nSPS) is 21.1. The van der Waals surface area contributed by atoms with E-state index in [1.807, 2.05) is 12.3 Å². The van der Waals surface area contributed by atoms with Crippen molar-refractivity contribution >= 4 is 5.78 Å². The summed E-state index contributed by atoms with van der Waals surface area (Å²) in [7, 11) is 0. The predicted molar refractivity (Wildman–Crippen MR) is 69.4 cm³/mol. The Morgan fingerprint density at radius 2 is 2.17 bits per heavy atom. The van der Waals surface area contributed by atoms with Gasteiger partial charge in [0.2, 0.25) is 0 Å². The molecule has 1 saturated carbocycles. The van der Waals surface area contributed by atoms with Gasteiger partial charge in [-0.15, -0.1) is 0 Å². The molecule has 0 spiro atoms. The van der Waals surface area contributed by atoms with E-state index in [2.05, 4.69) is 15.1 Å². The lowest BCUT2D eigenvalue weighted by Gasteiger charge is -2.26. The molecule has 2 aliphatic rings. The molecule has 4 heteroatoms. The molecule has 2 fully saturated rings. The SMILES string of the molecule is O=C(Cc1ccn(C2CCCC2)n1)CC1CNC1. The van der Waals surface area contributed by atoms with Crippen LogP contribution in [-0.2, 0) is 11.2 Å². The third kappa shape index (κ3) is 2.64. The molecule has 1 aromatic rings. The summed E-state index contributed by atoms with van der Waals surface area (Å²) in [4.78, 5) is 11.9. The predicted octanol–water partition coefficient (Wildman–Crippen LogP) is 1.72. The van der Waals surface area contributed by atoms with Crippen LogP contribution in [-0.4, -0.2) is 28.7 Å². The molecule has 98 valence electrons. The van der Waals surface area contributed by atoms with Crippen molar-refractivity contribution in [1.82, 2.24) is 15.1 Å². The monoisotopic (exact) mass is 247 g/mol. The second-order valence-corrected chi connectivity index (χ2v) is 5.67. The number of carbonyl (C=O) groups excluding carboxylic acids is 1. The maximum atomic E-state index is 11.9. The minimum Gasteiger partial charge on any atom is -0.316 e. The van der Waals surface area contributed by atoms with Crippen molar-refractivity contribution in [3.8, 4) is 0 Å². The zero-order chi connectivity index (χ0) is 12.4. The first-order valence-electron chi connectivity index (χ1n) is 7.08. The van der Waals surface area contributed by atoms with Crippen LogP contribution in [0.1, 0.15) is 43.8 Å². The lowest BCUT2D eigenvalue weighted by atomic mass is 9.95. The zero-order valence-corrected chi connectivity index (χ0v) is 10.8. The summed E-state index contributed by atoms with van der Waals surface area (Å²) in [6, 6.07) is 2.58. The fourth-order valence-electron chi connectivity index (χ4n) is 2.93. The summed E-state index contributed by atoms with van der Waals surface area (Å²) in [5.74, 6) is 0.896. The Morgan fingerprint density at radius 3 is 2.83 bits per heavy atom. The van der Waals surface area contributed by atoms with Crippen molar-refractivity contribution in [2.75, 3.05) is 13.1 Å². The molecule has 4 nitrogen and oxygen atoms in total. The van der Waals surface area contributed by atoms with Crippen LogP contribution in [0.2, 0.25) is 0 Å². The second-order valence-electron chi connectivity index (χ2n) is 5.67. The number of carbonyl (C=O) groups is 1. The van der Waals surface area contributed by atoms with Crippen LogP contribution in [0.25, 0.3) is 0 Å². The lowest BCUT2D eigenvalue weighted by Crippen LogP contribution is -2.43. The highest BCUT2D eigenvalue weighted by Gasteiger charge is 2.21. The topological polar surface area (TPSA) is 46.9 Å². The van der Waals surface area contributed by atoms with Gasteiger partial charge < -0.3 is 5.32 Å². The molecule has 0 amide bonds. The lowest BCUT2D eigenvalue weighted by molar-refractivity contribution is -0.119. The third-order valence-electron chi connectivity index (χ3n) is 4.12. The zero-order valence-electron chi connectivity index (χ0n) is 10.8. The Bertz CT molecular complexity index is 416. The summed E-state index contributed by atoms with van der Waals surface area (Å²) < 4.78 is 2.07. The molecule has 2 heterocycles. The van der Waals surface area contributed by atoms with E-state index in [0.717, 1.165) is 18.8 Å². The van der Waals surface area contributed by atoms with Crippen molar-refractivity contribution in [3.63, 3.8) is 0 Å². The minimum atomic E-state index is 0.332. The minimum absolute atomic E-state index is 0.332. The molecule has 0 radical (unpaired) electrons. The number of nitrogens with one attached hydrogen (secondary N) is 1. The highest BCUT2D eigenvalue weighted by Crippen LogP contribution is 2.28. The van der Waals surface area contributed by atoms with Crippen LogP contribution in [0.4, 0.5) is 0 Å². The molecule has 1 aliphatic heterocycles. The Labute approximate surface area is 108 Å². The standard InChI is InChI=1S/C14H21N3O/c18-14(7-11-9-15-10-11)8-12-5-6-17(16-12)13-3-1-2-4-13/h5-6,11,13,15H,1-4,7-10H2. The molecule has 1 aromatic heterocycles. The maximum absolute atomic E-state index is 11.9. The fourth-order valence-corrected chi connectivity index (χ4v) is 2.93. The van der Waals surface area contributed by atoms with E-state index >= 15 is 0 Å². The van der Waals surface area contributed by atoms with E-state index in [9.17, 15) is 4.79 Å². The highest BCUT2D eigenvalue weighted by molar-refractivity contribution is 5.80. The molecular weight excluding hydrogens is 226 g/mol. The number of rotatable bonds is 5. The van der Waals surface area contributed by atoms with E-state index in [1.165, 1.54) is 25.7 Å². The Kier molecular flexibility index (Phi) is 3.46. The Hall–Kier alpha value is -1.16. The average Bonchev–Trinajstić information content (AvgIpc) is 2.92. The summed E-state index contributed by atoms with van der Waals surface area (Å²) in [5.41, 5.74) is 0.944. The number of hydrogen-bond donors (Lipinski definition) is 1. The van der Waals surface area contributed by atoms with Crippen molar-refractivity contribution in [3.05, 3.63) is 18.0 Å². The molecule has 1 N–H and O–H groups in total. The first kappa shape index (κ1) is 11.9. The average molecular weight is 247 g/mol. The van der Waals surface area contributed by atoms with Gasteiger partial charge in [-0.05, 0) is 37.9 Å². The Balaban J connectivity index is 1.53. The van der Waals surface area contributed by atoms with Gasteiger partial charge in [0.1, 0.15) is 5.78 Å². The van der Waals surface area contributed by atoms with Gasteiger partial charge in [-0.2, -0.15) is 5.10 Å². The van der Waals surface area contributed by atoms with Gasteiger partial charge in [-0.1, -0.05) is 12.8 Å². The number of nitrogens with zero attached hydrogens (tertiary/aromatic N) is 2. The molecule has 0 unspecified atom stereocenters. The maximum Gasteiger partial charge on any atom is 0.139 e. The number of aromatic nitrogens is 2. The Morgan fingerprint density at radius 1 is 1.39 bits per heavy atom. The van der Waals surface area contributed by atoms with Gasteiger partial charge in [-0.25, -0.2) is 0 Å². The van der Waals surface area contributed by atoms with Crippen LogP contribution in [0, 0.1) is 5.92 Å². The fraction of sp³-hybridized carbons (Fsp3) is 0.714. The molecule has 0 aromatic carbocycles. The molecule has 18 heavy (non-hydrogen) atoms. The van der Waals surface area contributed by atoms with E-state index in [4.69, 9.17) is 0 Å². The second kappa shape index (κ2) is 5.22. The van der Waals surface area contributed by atoms with Gasteiger partial charge in [0.25, 0.3) is 0 Å². The number of hydrogen-bond acceptors (Lipinski definition) is 3. The molecule has 0 bridgehead atoms. The third-order valence-corrected chi connectivity index (χ3v) is 4.12. The van der Waals surface area contributed by atoms with Crippen LogP contribution < -0.4 is 5.32 Å². The van der Waals surface area contributed by atoms with Gasteiger partial charge in [0.15, 0.2) is 0 Å². The first-order chi connectivity index (χ1) is 8.81. The van der Waals surface area contributed by atoms with E-state index in [-0.39, 0.29) is 0 Å². The van der Waals surface area contributed by atoms with E-state index in [1.54, 1.807) is 0 Å². The van der Waals surface area contributed by atoms with Crippen LogP contribution in [0.5, 0.6) is 0 Å². The van der Waals surface area contributed by atoms with Crippen LogP contribution in [0.3, 0.4) is 0 Å². The van der Waals surface area contributed by atoms with E-state index in [0.29, 0.717) is 30.6 Å².